The topological polar surface area (TPSA) is 20.3 Å². The van der Waals surface area contributed by atoms with Crippen molar-refractivity contribution in [1.29, 1.82) is 0 Å². The lowest BCUT2D eigenvalue weighted by Gasteiger charge is -2.15. The molecule has 3 rings (SSSR count). The number of likely N-dealkylation sites (N-methyl/N-ethyl adjacent to an activating group) is 1. The molecular weight excluding hydrogens is 289 g/mol. The molecule has 2 aromatic rings. The SMILES string of the molecule is Cc1cc(F)ccc1C(Cl)c1ccc2c(c1)CC(=O)N2C. The van der Waals surface area contributed by atoms with E-state index in [-0.39, 0.29) is 17.1 Å². The molecule has 0 aromatic heterocycles. The summed E-state index contributed by atoms with van der Waals surface area (Å²) in [7, 11) is 1.77. The van der Waals surface area contributed by atoms with E-state index < -0.39 is 0 Å². The summed E-state index contributed by atoms with van der Waals surface area (Å²) < 4.78 is 13.2. The van der Waals surface area contributed by atoms with Crippen LogP contribution in [0.5, 0.6) is 0 Å². The smallest absolute Gasteiger partial charge is 0.231 e. The van der Waals surface area contributed by atoms with Crippen LogP contribution in [0.3, 0.4) is 0 Å². The number of fused-ring (bicyclic) bond motifs is 1. The number of benzene rings is 2. The minimum atomic E-state index is -0.350. The van der Waals surface area contributed by atoms with Crippen molar-refractivity contribution < 1.29 is 9.18 Å². The Labute approximate surface area is 128 Å². The number of rotatable bonds is 2. The average Bonchev–Trinajstić information content (AvgIpc) is 2.73. The van der Waals surface area contributed by atoms with Crippen molar-refractivity contribution in [2.45, 2.75) is 18.7 Å². The Morgan fingerprint density at radius 3 is 2.71 bits per heavy atom. The van der Waals surface area contributed by atoms with Gasteiger partial charge in [-0.05, 0) is 47.4 Å². The number of hydrogen-bond donors (Lipinski definition) is 0. The predicted molar refractivity (Wildman–Crippen MR) is 82.4 cm³/mol. The number of alkyl halides is 1. The number of carbonyl (C=O) groups is 1. The summed E-state index contributed by atoms with van der Waals surface area (Å²) in [6.45, 7) is 1.85. The molecule has 1 heterocycles. The van der Waals surface area contributed by atoms with Gasteiger partial charge in [-0.15, -0.1) is 11.6 Å². The van der Waals surface area contributed by atoms with E-state index in [1.807, 2.05) is 25.1 Å². The van der Waals surface area contributed by atoms with E-state index in [2.05, 4.69) is 0 Å². The van der Waals surface area contributed by atoms with Crippen molar-refractivity contribution >= 4 is 23.2 Å². The van der Waals surface area contributed by atoms with Crippen molar-refractivity contribution in [3.05, 3.63) is 64.5 Å². The molecule has 0 fully saturated rings. The number of halogens is 2. The number of hydrogen-bond acceptors (Lipinski definition) is 1. The third-order valence-electron chi connectivity index (χ3n) is 3.98. The van der Waals surface area contributed by atoms with E-state index in [1.54, 1.807) is 18.0 Å². The molecule has 2 aromatic carbocycles. The van der Waals surface area contributed by atoms with E-state index in [0.29, 0.717) is 6.42 Å². The van der Waals surface area contributed by atoms with Crippen molar-refractivity contribution in [3.8, 4) is 0 Å². The Morgan fingerprint density at radius 1 is 1.24 bits per heavy atom. The summed E-state index contributed by atoms with van der Waals surface area (Å²) in [5.41, 5.74) is 4.56. The molecule has 0 saturated carbocycles. The number of aryl methyl sites for hydroxylation is 1. The molecular formula is C17H15ClFNO. The van der Waals surface area contributed by atoms with Crippen molar-refractivity contribution in [1.82, 2.24) is 0 Å². The van der Waals surface area contributed by atoms with Gasteiger partial charge >= 0.3 is 0 Å². The van der Waals surface area contributed by atoms with Crippen LogP contribution in [0, 0.1) is 12.7 Å². The lowest BCUT2D eigenvalue weighted by molar-refractivity contribution is -0.117. The maximum atomic E-state index is 13.2. The van der Waals surface area contributed by atoms with Crippen molar-refractivity contribution in [3.63, 3.8) is 0 Å². The Hall–Kier alpha value is -1.87. The molecule has 4 heteroatoms. The molecule has 0 bridgehead atoms. The molecule has 0 aliphatic carbocycles. The molecule has 2 nitrogen and oxygen atoms in total. The number of nitrogens with zero attached hydrogens (tertiary/aromatic N) is 1. The second kappa shape index (κ2) is 5.15. The minimum absolute atomic E-state index is 0.0891. The lowest BCUT2D eigenvalue weighted by atomic mass is 9.98. The molecule has 108 valence electrons. The van der Waals surface area contributed by atoms with Gasteiger partial charge < -0.3 is 4.90 Å². The van der Waals surface area contributed by atoms with Gasteiger partial charge in [-0.25, -0.2) is 4.39 Å². The third-order valence-corrected chi connectivity index (χ3v) is 4.47. The highest BCUT2D eigenvalue weighted by atomic mass is 35.5. The lowest BCUT2D eigenvalue weighted by Crippen LogP contribution is -2.20. The maximum Gasteiger partial charge on any atom is 0.231 e. The Morgan fingerprint density at radius 2 is 2.00 bits per heavy atom. The second-order valence-corrected chi connectivity index (χ2v) is 5.82. The maximum absolute atomic E-state index is 13.2. The summed E-state index contributed by atoms with van der Waals surface area (Å²) in [5, 5.41) is -0.350. The highest BCUT2D eigenvalue weighted by Gasteiger charge is 2.25. The molecule has 1 aliphatic rings. The van der Waals surface area contributed by atoms with Crippen LogP contribution < -0.4 is 4.90 Å². The average molecular weight is 304 g/mol. The van der Waals surface area contributed by atoms with E-state index in [0.717, 1.165) is 27.9 Å². The summed E-state index contributed by atoms with van der Waals surface area (Å²) in [5.74, 6) is -0.174. The zero-order valence-electron chi connectivity index (χ0n) is 11.9. The summed E-state index contributed by atoms with van der Waals surface area (Å²) >= 11 is 6.54. The molecule has 1 amide bonds. The van der Waals surface area contributed by atoms with E-state index in [1.165, 1.54) is 12.1 Å². The molecule has 0 radical (unpaired) electrons. The molecule has 1 atom stereocenters. The van der Waals surface area contributed by atoms with Crippen molar-refractivity contribution in [2.24, 2.45) is 0 Å². The zero-order chi connectivity index (χ0) is 15.1. The van der Waals surface area contributed by atoms with Crippen LogP contribution >= 0.6 is 11.6 Å². The first-order chi connectivity index (χ1) is 9.97. The summed E-state index contributed by atoms with van der Waals surface area (Å²) in [4.78, 5) is 13.4. The Bertz CT molecular complexity index is 729. The summed E-state index contributed by atoms with van der Waals surface area (Å²) in [6.07, 6.45) is 0.408. The zero-order valence-corrected chi connectivity index (χ0v) is 12.6. The fourth-order valence-electron chi connectivity index (χ4n) is 2.75. The van der Waals surface area contributed by atoms with Gasteiger partial charge in [0, 0.05) is 12.7 Å². The first kappa shape index (κ1) is 14.1. The van der Waals surface area contributed by atoms with Crippen LogP contribution in [-0.2, 0) is 11.2 Å². The molecule has 0 N–H and O–H groups in total. The minimum Gasteiger partial charge on any atom is -0.315 e. The largest absolute Gasteiger partial charge is 0.315 e. The Balaban J connectivity index is 1.98. The molecule has 1 unspecified atom stereocenters. The third kappa shape index (κ3) is 2.42. The van der Waals surface area contributed by atoms with E-state index in [9.17, 15) is 9.18 Å². The highest BCUT2D eigenvalue weighted by molar-refractivity contribution is 6.22. The standard InChI is InChI=1S/C17H15ClFNO/c1-10-7-13(19)4-5-14(10)17(18)11-3-6-15-12(8-11)9-16(21)20(15)2/h3-8,17H,9H2,1-2H3. The van der Waals surface area contributed by atoms with Crippen LogP contribution in [0.2, 0.25) is 0 Å². The van der Waals surface area contributed by atoms with E-state index >= 15 is 0 Å². The van der Waals surface area contributed by atoms with Gasteiger partial charge in [0.1, 0.15) is 5.82 Å². The van der Waals surface area contributed by atoms with Crippen LogP contribution in [0.1, 0.15) is 27.6 Å². The monoisotopic (exact) mass is 303 g/mol. The second-order valence-electron chi connectivity index (χ2n) is 5.38. The van der Waals surface area contributed by atoms with Gasteiger partial charge in [-0.3, -0.25) is 4.79 Å². The van der Waals surface area contributed by atoms with Crippen LogP contribution in [0.15, 0.2) is 36.4 Å². The van der Waals surface area contributed by atoms with Gasteiger partial charge in [-0.2, -0.15) is 0 Å². The molecule has 21 heavy (non-hydrogen) atoms. The van der Waals surface area contributed by atoms with Gasteiger partial charge in [-0.1, -0.05) is 18.2 Å². The number of amides is 1. The highest BCUT2D eigenvalue weighted by Crippen LogP contribution is 2.36. The van der Waals surface area contributed by atoms with E-state index in [4.69, 9.17) is 11.6 Å². The van der Waals surface area contributed by atoms with Crippen LogP contribution in [-0.4, -0.2) is 13.0 Å². The van der Waals surface area contributed by atoms with Gasteiger partial charge in [0.2, 0.25) is 5.91 Å². The number of carbonyl (C=O) groups excluding carboxylic acids is 1. The van der Waals surface area contributed by atoms with Gasteiger partial charge in [0.25, 0.3) is 0 Å². The van der Waals surface area contributed by atoms with Gasteiger partial charge in [0.15, 0.2) is 0 Å². The molecule has 1 aliphatic heterocycles. The fourth-order valence-corrected chi connectivity index (χ4v) is 3.13. The first-order valence-corrected chi connectivity index (χ1v) is 7.20. The predicted octanol–water partition coefficient (Wildman–Crippen LogP) is 3.98. The number of anilines is 1. The van der Waals surface area contributed by atoms with Crippen LogP contribution in [0.25, 0.3) is 0 Å². The molecule has 0 saturated heterocycles. The Kier molecular flexibility index (Phi) is 3.46. The molecule has 0 spiro atoms. The van der Waals surface area contributed by atoms with Crippen LogP contribution in [0.4, 0.5) is 10.1 Å². The quantitative estimate of drug-likeness (QED) is 0.768. The van der Waals surface area contributed by atoms with Gasteiger partial charge in [0.05, 0.1) is 11.8 Å². The fraction of sp³-hybridized carbons (Fsp3) is 0.235. The van der Waals surface area contributed by atoms with Crippen molar-refractivity contribution in [2.75, 3.05) is 11.9 Å². The first-order valence-electron chi connectivity index (χ1n) is 6.77. The normalized spacial score (nSPS) is 15.2. The summed E-state index contributed by atoms with van der Waals surface area (Å²) in [6, 6.07) is 10.4.